The summed E-state index contributed by atoms with van der Waals surface area (Å²) >= 11 is 5.52. The summed E-state index contributed by atoms with van der Waals surface area (Å²) in [4.78, 5) is 34.2. The van der Waals surface area contributed by atoms with Crippen molar-refractivity contribution in [3.05, 3.63) is 28.5 Å². The molecule has 2 rings (SSSR count). The topological polar surface area (TPSA) is 74.7 Å². The predicted octanol–water partition coefficient (Wildman–Crippen LogP) is 1.09. The first-order valence-corrected chi connectivity index (χ1v) is 4.86. The Bertz CT molecular complexity index is 557. The van der Waals surface area contributed by atoms with Crippen molar-refractivity contribution in [2.24, 2.45) is 0 Å². The van der Waals surface area contributed by atoms with Crippen molar-refractivity contribution >= 4 is 34.9 Å². The van der Waals surface area contributed by atoms with Gasteiger partial charge in [0, 0.05) is 0 Å². The van der Waals surface area contributed by atoms with E-state index < -0.39 is 30.0 Å². The second kappa shape index (κ2) is 3.81. The van der Waals surface area contributed by atoms with Gasteiger partial charge < -0.3 is 5.11 Å². The maximum Gasteiger partial charge on any atom is 0.323 e. The molecular formula is C10H5ClFNO4. The lowest BCUT2D eigenvalue weighted by molar-refractivity contribution is -0.136. The number of benzene rings is 1. The minimum atomic E-state index is -1.28. The average Bonchev–Trinajstić information content (AvgIpc) is 2.45. The molecule has 1 N–H and O–H groups in total. The number of carbonyl (C=O) groups is 3. The Balaban J connectivity index is 2.56. The van der Waals surface area contributed by atoms with Crippen LogP contribution in [0.5, 0.6) is 0 Å². The van der Waals surface area contributed by atoms with Crippen molar-refractivity contribution in [1.82, 2.24) is 0 Å². The summed E-state index contributed by atoms with van der Waals surface area (Å²) in [6.45, 7) is -0.667. The van der Waals surface area contributed by atoms with Gasteiger partial charge in [-0.1, -0.05) is 11.6 Å². The van der Waals surface area contributed by atoms with Gasteiger partial charge in [0.05, 0.1) is 16.3 Å². The molecular weight excluding hydrogens is 253 g/mol. The van der Waals surface area contributed by atoms with Crippen LogP contribution in [-0.4, -0.2) is 29.3 Å². The van der Waals surface area contributed by atoms with Crippen molar-refractivity contribution in [2.75, 3.05) is 11.4 Å². The van der Waals surface area contributed by atoms with Gasteiger partial charge in [0.25, 0.3) is 11.7 Å². The average molecular weight is 258 g/mol. The zero-order chi connectivity index (χ0) is 12.7. The maximum atomic E-state index is 13.1. The van der Waals surface area contributed by atoms with E-state index in [0.29, 0.717) is 0 Å². The van der Waals surface area contributed by atoms with Crippen molar-refractivity contribution in [3.8, 4) is 0 Å². The van der Waals surface area contributed by atoms with Gasteiger partial charge in [-0.25, -0.2) is 4.39 Å². The Labute approximate surface area is 99.4 Å². The van der Waals surface area contributed by atoms with Gasteiger partial charge in [-0.05, 0) is 12.1 Å². The van der Waals surface area contributed by atoms with Gasteiger partial charge in [0.15, 0.2) is 0 Å². The van der Waals surface area contributed by atoms with Gasteiger partial charge in [-0.2, -0.15) is 0 Å². The molecule has 0 fully saturated rings. The molecule has 0 aromatic heterocycles. The van der Waals surface area contributed by atoms with Crippen molar-refractivity contribution in [1.29, 1.82) is 0 Å². The molecule has 0 bridgehead atoms. The van der Waals surface area contributed by atoms with E-state index in [2.05, 4.69) is 0 Å². The zero-order valence-corrected chi connectivity index (χ0v) is 8.99. The number of nitrogens with zero attached hydrogens (tertiary/aromatic N) is 1. The molecule has 1 aromatic carbocycles. The van der Waals surface area contributed by atoms with Crippen LogP contribution in [0.1, 0.15) is 10.4 Å². The number of aliphatic carboxylic acids is 1. The first-order chi connectivity index (χ1) is 7.91. The summed E-state index contributed by atoms with van der Waals surface area (Å²) in [6, 6.07) is 1.90. The first kappa shape index (κ1) is 11.5. The van der Waals surface area contributed by atoms with Crippen LogP contribution in [-0.2, 0) is 9.59 Å². The Morgan fingerprint density at radius 2 is 2.06 bits per heavy atom. The van der Waals surface area contributed by atoms with Crippen molar-refractivity contribution in [3.63, 3.8) is 0 Å². The number of hydrogen-bond acceptors (Lipinski definition) is 3. The fraction of sp³-hybridized carbons (Fsp3) is 0.100. The van der Waals surface area contributed by atoms with E-state index in [1.807, 2.05) is 0 Å². The number of carboxylic acid groups (broad SMARTS) is 1. The molecule has 5 nitrogen and oxygen atoms in total. The van der Waals surface area contributed by atoms with Crippen LogP contribution >= 0.6 is 11.6 Å². The summed E-state index contributed by atoms with van der Waals surface area (Å²) in [6.07, 6.45) is 0. The molecule has 1 amide bonds. The fourth-order valence-electron chi connectivity index (χ4n) is 1.58. The highest BCUT2D eigenvalue weighted by Crippen LogP contribution is 2.32. The van der Waals surface area contributed by atoms with Crippen molar-refractivity contribution in [2.45, 2.75) is 0 Å². The molecule has 0 saturated heterocycles. The Morgan fingerprint density at radius 3 is 2.65 bits per heavy atom. The third-order valence-corrected chi connectivity index (χ3v) is 2.60. The molecule has 0 aliphatic carbocycles. The molecule has 0 spiro atoms. The summed E-state index contributed by atoms with van der Waals surface area (Å²) in [5.74, 6) is -4.04. The predicted molar refractivity (Wildman–Crippen MR) is 55.7 cm³/mol. The highest BCUT2D eigenvalue weighted by molar-refractivity contribution is 6.52. The number of hydrogen-bond donors (Lipinski definition) is 1. The molecule has 0 atom stereocenters. The molecule has 1 heterocycles. The summed E-state index contributed by atoms with van der Waals surface area (Å²) < 4.78 is 13.1. The monoisotopic (exact) mass is 257 g/mol. The summed E-state index contributed by atoms with van der Waals surface area (Å²) in [5, 5.41) is 8.34. The number of carbonyl (C=O) groups excluding carboxylic acids is 2. The minimum absolute atomic E-state index is 0.0220. The second-order valence-electron chi connectivity index (χ2n) is 3.40. The van der Waals surface area contributed by atoms with Crippen LogP contribution < -0.4 is 4.90 Å². The normalized spacial score (nSPS) is 14.1. The van der Waals surface area contributed by atoms with E-state index in [0.717, 1.165) is 17.0 Å². The van der Waals surface area contributed by atoms with E-state index in [9.17, 15) is 18.8 Å². The maximum absolute atomic E-state index is 13.1. The molecule has 1 aliphatic rings. The quantitative estimate of drug-likeness (QED) is 0.805. The lowest BCUT2D eigenvalue weighted by Crippen LogP contribution is -2.34. The van der Waals surface area contributed by atoms with Crippen LogP contribution in [0.25, 0.3) is 0 Å². The molecule has 17 heavy (non-hydrogen) atoms. The Hall–Kier alpha value is -1.95. The van der Waals surface area contributed by atoms with Gasteiger partial charge in [0.1, 0.15) is 12.4 Å². The number of Topliss-reactive ketones (excluding diaryl/α,β-unsaturated/α-hetero) is 1. The Kier molecular flexibility index (Phi) is 2.59. The molecule has 7 heteroatoms. The number of ketones is 1. The number of anilines is 1. The van der Waals surface area contributed by atoms with Gasteiger partial charge >= 0.3 is 5.97 Å². The summed E-state index contributed by atoms with van der Waals surface area (Å²) in [5.41, 5.74) is -0.146. The molecule has 88 valence electrons. The molecule has 1 aliphatic heterocycles. The third kappa shape index (κ3) is 1.76. The lowest BCUT2D eigenvalue weighted by Gasteiger charge is -2.13. The molecule has 1 aromatic rings. The zero-order valence-electron chi connectivity index (χ0n) is 8.24. The highest BCUT2D eigenvalue weighted by Gasteiger charge is 2.37. The van der Waals surface area contributed by atoms with Crippen LogP contribution in [0.3, 0.4) is 0 Å². The van der Waals surface area contributed by atoms with E-state index in [-0.39, 0.29) is 16.3 Å². The molecule has 0 saturated carbocycles. The smallest absolute Gasteiger partial charge is 0.323 e. The lowest BCUT2D eigenvalue weighted by atomic mass is 10.1. The second-order valence-corrected chi connectivity index (χ2v) is 3.80. The van der Waals surface area contributed by atoms with Crippen molar-refractivity contribution < 1.29 is 23.9 Å². The first-order valence-electron chi connectivity index (χ1n) is 4.49. The van der Waals surface area contributed by atoms with E-state index in [1.165, 1.54) is 0 Å². The van der Waals surface area contributed by atoms with Crippen LogP contribution in [0.15, 0.2) is 12.1 Å². The number of halogens is 2. The molecule has 0 radical (unpaired) electrons. The number of fused-ring (bicyclic) bond motifs is 1. The number of amides is 1. The standard InChI is InChI=1S/C10H5ClFNO4/c11-5-2-7-4(1-6(5)12)9(16)10(17)13(7)3-8(14)15/h1-2H,3H2,(H,14,15). The van der Waals surface area contributed by atoms with Gasteiger partial charge in [-0.15, -0.1) is 0 Å². The fourth-order valence-corrected chi connectivity index (χ4v) is 1.74. The number of carboxylic acids is 1. The minimum Gasteiger partial charge on any atom is -0.480 e. The molecule has 0 unspecified atom stereocenters. The summed E-state index contributed by atoms with van der Waals surface area (Å²) in [7, 11) is 0. The van der Waals surface area contributed by atoms with E-state index in [1.54, 1.807) is 0 Å². The number of rotatable bonds is 2. The van der Waals surface area contributed by atoms with Crippen LogP contribution in [0.2, 0.25) is 5.02 Å². The van der Waals surface area contributed by atoms with Gasteiger partial charge in [0.2, 0.25) is 0 Å². The van der Waals surface area contributed by atoms with Crippen LogP contribution in [0.4, 0.5) is 10.1 Å². The third-order valence-electron chi connectivity index (χ3n) is 2.31. The van der Waals surface area contributed by atoms with Gasteiger partial charge in [-0.3, -0.25) is 19.3 Å². The van der Waals surface area contributed by atoms with E-state index >= 15 is 0 Å². The van der Waals surface area contributed by atoms with E-state index in [4.69, 9.17) is 16.7 Å². The SMILES string of the molecule is O=C(O)CN1C(=O)C(=O)c2cc(F)c(Cl)cc21. The highest BCUT2D eigenvalue weighted by atomic mass is 35.5. The Morgan fingerprint density at radius 1 is 1.41 bits per heavy atom. The largest absolute Gasteiger partial charge is 0.480 e. The van der Waals surface area contributed by atoms with Crippen LogP contribution in [0, 0.1) is 5.82 Å².